The van der Waals surface area contributed by atoms with Crippen LogP contribution in [0, 0.1) is 0 Å². The normalized spacial score (nSPS) is 12.9. The molecule has 1 amide bonds. The van der Waals surface area contributed by atoms with E-state index in [-0.39, 0.29) is 12.8 Å². The molecule has 9 N–H and O–H groups in total. The van der Waals surface area contributed by atoms with E-state index in [2.05, 4.69) is 0 Å². The van der Waals surface area contributed by atoms with Crippen LogP contribution < -0.4 is 17.2 Å². The lowest BCUT2D eigenvalue weighted by Crippen LogP contribution is -2.33. The van der Waals surface area contributed by atoms with Crippen LogP contribution in [0.15, 0.2) is 0 Å². The van der Waals surface area contributed by atoms with Gasteiger partial charge < -0.3 is 32.5 Å². The number of hydrogen-bond acceptors (Lipinski definition) is 6. The molecule has 0 aliphatic carbocycles. The number of primary amides is 1. The van der Waals surface area contributed by atoms with Gasteiger partial charge in [-0.1, -0.05) is 0 Å². The second-order valence-electron chi connectivity index (χ2n) is 3.08. The smallest absolute Gasteiger partial charge is 0.322 e. The molecule has 0 aliphatic heterocycles. The van der Waals surface area contributed by atoms with Gasteiger partial charge in [0.15, 0.2) is 0 Å². The van der Waals surface area contributed by atoms with Gasteiger partial charge in [0.05, 0.1) is 6.61 Å². The number of carbonyl (C=O) groups is 3. The van der Waals surface area contributed by atoms with Gasteiger partial charge in [-0.2, -0.15) is 0 Å². The molecule has 9 nitrogen and oxygen atoms in total. The summed E-state index contributed by atoms with van der Waals surface area (Å²) in [6.07, 6.45) is 0.123. The molecule has 0 aromatic heterocycles. The molecule has 0 aromatic rings. The number of aliphatic carboxylic acids is 2. The zero-order valence-corrected chi connectivity index (χ0v) is 9.07. The van der Waals surface area contributed by atoms with Crippen molar-refractivity contribution >= 4 is 17.8 Å². The van der Waals surface area contributed by atoms with Gasteiger partial charge >= 0.3 is 11.9 Å². The largest absolute Gasteiger partial charge is 0.480 e. The fraction of sp³-hybridized carbons (Fsp3) is 0.625. The molecule has 0 bridgehead atoms. The van der Waals surface area contributed by atoms with E-state index in [0.29, 0.717) is 0 Å². The van der Waals surface area contributed by atoms with Crippen LogP contribution in [-0.2, 0) is 14.4 Å². The molecule has 0 aromatic carbocycles. The zero-order valence-electron chi connectivity index (χ0n) is 9.07. The minimum Gasteiger partial charge on any atom is -0.480 e. The van der Waals surface area contributed by atoms with Gasteiger partial charge in [0, 0.05) is 6.42 Å². The molecule has 9 heteroatoms. The number of hydrogen-bond donors (Lipinski definition) is 6. The van der Waals surface area contributed by atoms with Crippen molar-refractivity contribution in [1.29, 1.82) is 0 Å². The number of aliphatic hydroxyl groups is 1. The van der Waals surface area contributed by atoms with Crippen molar-refractivity contribution in [3.63, 3.8) is 0 Å². The Labute approximate surface area is 97.2 Å². The van der Waals surface area contributed by atoms with Crippen LogP contribution in [0.3, 0.4) is 0 Å². The predicted molar refractivity (Wildman–Crippen MR) is 56.7 cm³/mol. The van der Waals surface area contributed by atoms with E-state index in [1.165, 1.54) is 0 Å². The minimum atomic E-state index is -1.18. The average Bonchev–Trinajstić information content (AvgIpc) is 2.24. The SMILES string of the molecule is NC(=O)CC[C@@H](N)C(=O)O.NC(CO)C(=O)O. The number of nitrogens with two attached hydrogens (primary N) is 3. The summed E-state index contributed by atoms with van der Waals surface area (Å²) < 4.78 is 0. The Morgan fingerprint density at radius 1 is 1.00 bits per heavy atom. The third-order valence-corrected chi connectivity index (χ3v) is 1.53. The lowest BCUT2D eigenvalue weighted by Gasteiger charge is -2.01. The summed E-state index contributed by atoms with van der Waals surface area (Å²) in [6.45, 7) is -0.505. The number of rotatable bonds is 6. The second-order valence-corrected chi connectivity index (χ2v) is 3.08. The lowest BCUT2D eigenvalue weighted by atomic mass is 10.2. The highest BCUT2D eigenvalue weighted by molar-refractivity contribution is 5.77. The molecule has 1 unspecified atom stereocenters. The van der Waals surface area contributed by atoms with E-state index >= 15 is 0 Å². The first-order valence-electron chi connectivity index (χ1n) is 4.58. The quantitative estimate of drug-likeness (QED) is 0.288. The van der Waals surface area contributed by atoms with Crippen molar-refractivity contribution in [1.82, 2.24) is 0 Å². The topological polar surface area (TPSA) is 190 Å². The Balaban J connectivity index is 0. The molecule has 0 fully saturated rings. The number of carboxylic acid groups (broad SMARTS) is 2. The summed E-state index contributed by atoms with van der Waals surface area (Å²) in [5, 5.41) is 24.1. The Bertz CT molecular complexity index is 270. The molecule has 100 valence electrons. The highest BCUT2D eigenvalue weighted by Gasteiger charge is 2.11. The highest BCUT2D eigenvalue weighted by Crippen LogP contribution is 1.92. The maximum atomic E-state index is 10.1. The lowest BCUT2D eigenvalue weighted by molar-refractivity contribution is -0.140. The second kappa shape index (κ2) is 9.51. The fourth-order valence-corrected chi connectivity index (χ4v) is 0.499. The standard InChI is InChI=1S/C5H10N2O3.C3H7NO3/c6-3(5(9)10)1-2-4(7)8;4-2(1-5)3(6)7/h3H,1-2,6H2,(H2,7,8)(H,9,10);2,5H,1,4H2,(H,6,7)/t3-;/m1./s1. The third kappa shape index (κ3) is 12.2. The van der Waals surface area contributed by atoms with E-state index in [1.807, 2.05) is 0 Å². The molecule has 0 spiro atoms. The summed E-state index contributed by atoms with van der Waals surface area (Å²) in [5.74, 6) is -2.82. The molecule has 0 saturated heterocycles. The first-order chi connectivity index (χ1) is 7.72. The van der Waals surface area contributed by atoms with Crippen molar-refractivity contribution < 1.29 is 29.7 Å². The van der Waals surface area contributed by atoms with Crippen LogP contribution in [0.5, 0.6) is 0 Å². The molecular weight excluding hydrogens is 234 g/mol. The fourth-order valence-electron chi connectivity index (χ4n) is 0.499. The molecule has 17 heavy (non-hydrogen) atoms. The Kier molecular flexibility index (Phi) is 9.89. The summed E-state index contributed by atoms with van der Waals surface area (Å²) in [5.41, 5.74) is 14.6. The van der Waals surface area contributed by atoms with E-state index in [4.69, 9.17) is 32.5 Å². The van der Waals surface area contributed by atoms with Crippen molar-refractivity contribution in [2.24, 2.45) is 17.2 Å². The highest BCUT2D eigenvalue weighted by atomic mass is 16.4. The Morgan fingerprint density at radius 2 is 1.41 bits per heavy atom. The van der Waals surface area contributed by atoms with Gasteiger partial charge in [0.25, 0.3) is 0 Å². The van der Waals surface area contributed by atoms with E-state index in [0.717, 1.165) is 0 Å². The zero-order chi connectivity index (χ0) is 14.0. The third-order valence-electron chi connectivity index (χ3n) is 1.53. The minimum absolute atomic E-state index is 0.0213. The molecule has 0 saturated carbocycles. The molecule has 0 radical (unpaired) electrons. The summed E-state index contributed by atoms with van der Waals surface area (Å²) in [6, 6.07) is -2.10. The molecular formula is C8H17N3O6. The van der Waals surface area contributed by atoms with Crippen molar-refractivity contribution in [3.8, 4) is 0 Å². The van der Waals surface area contributed by atoms with E-state index in [1.54, 1.807) is 0 Å². The molecule has 0 rings (SSSR count). The van der Waals surface area contributed by atoms with Crippen LogP contribution in [-0.4, -0.2) is 51.9 Å². The number of carbonyl (C=O) groups excluding carboxylic acids is 1. The van der Waals surface area contributed by atoms with E-state index < -0.39 is 36.5 Å². The Morgan fingerprint density at radius 3 is 1.59 bits per heavy atom. The van der Waals surface area contributed by atoms with E-state index in [9.17, 15) is 14.4 Å². The van der Waals surface area contributed by atoms with Crippen molar-refractivity contribution in [2.45, 2.75) is 24.9 Å². The van der Waals surface area contributed by atoms with Crippen LogP contribution >= 0.6 is 0 Å². The van der Waals surface area contributed by atoms with Gasteiger partial charge in [-0.15, -0.1) is 0 Å². The van der Waals surface area contributed by atoms with Crippen LogP contribution in [0.25, 0.3) is 0 Å². The maximum Gasteiger partial charge on any atom is 0.322 e. The average molecular weight is 251 g/mol. The number of aliphatic hydroxyl groups excluding tert-OH is 1. The molecule has 2 atom stereocenters. The van der Waals surface area contributed by atoms with Crippen molar-refractivity contribution in [2.75, 3.05) is 6.61 Å². The van der Waals surface area contributed by atoms with Crippen LogP contribution in [0.2, 0.25) is 0 Å². The van der Waals surface area contributed by atoms with Gasteiger partial charge in [-0.25, -0.2) is 0 Å². The first kappa shape index (κ1) is 17.7. The number of carboxylic acids is 2. The van der Waals surface area contributed by atoms with Gasteiger partial charge in [0.2, 0.25) is 5.91 Å². The number of amides is 1. The maximum absolute atomic E-state index is 10.1. The summed E-state index contributed by atoms with van der Waals surface area (Å²) >= 11 is 0. The van der Waals surface area contributed by atoms with Crippen molar-refractivity contribution in [3.05, 3.63) is 0 Å². The summed E-state index contributed by atoms with van der Waals surface area (Å²) in [7, 11) is 0. The monoisotopic (exact) mass is 251 g/mol. The molecule has 0 heterocycles. The first-order valence-corrected chi connectivity index (χ1v) is 4.58. The van der Waals surface area contributed by atoms with Crippen LogP contribution in [0.1, 0.15) is 12.8 Å². The molecule has 0 aliphatic rings. The predicted octanol–water partition coefficient (Wildman–Crippen LogP) is -2.95. The Hall–Kier alpha value is -1.71. The van der Waals surface area contributed by atoms with Crippen LogP contribution in [0.4, 0.5) is 0 Å². The van der Waals surface area contributed by atoms with Gasteiger partial charge in [-0.05, 0) is 6.42 Å². The summed E-state index contributed by atoms with van der Waals surface area (Å²) in [4.78, 5) is 29.8. The van der Waals surface area contributed by atoms with Gasteiger partial charge in [0.1, 0.15) is 12.1 Å². The van der Waals surface area contributed by atoms with Gasteiger partial charge in [-0.3, -0.25) is 14.4 Å².